The van der Waals surface area contributed by atoms with Gasteiger partial charge in [0.15, 0.2) is 0 Å². The zero-order valence-corrected chi connectivity index (χ0v) is 11.0. The van der Waals surface area contributed by atoms with Gasteiger partial charge >= 0.3 is 0 Å². The number of aromatic nitrogens is 1. The largest absolute Gasteiger partial charge is 0.477 e. The third-order valence-electron chi connectivity index (χ3n) is 3.94. The molecule has 0 bridgehead atoms. The van der Waals surface area contributed by atoms with Gasteiger partial charge in [-0.25, -0.2) is 4.98 Å². The van der Waals surface area contributed by atoms with E-state index in [4.69, 9.17) is 4.74 Å². The van der Waals surface area contributed by atoms with Crippen LogP contribution in [0.15, 0.2) is 30.5 Å². The molecule has 3 rings (SSSR count). The van der Waals surface area contributed by atoms with E-state index in [0.717, 1.165) is 22.9 Å². The number of aliphatic hydroxyl groups excluding tert-OH is 1. The maximum atomic E-state index is 9.35. The molecule has 100 valence electrons. The first-order valence-corrected chi connectivity index (χ1v) is 6.99. The van der Waals surface area contributed by atoms with E-state index in [1.165, 1.54) is 25.7 Å². The van der Waals surface area contributed by atoms with Gasteiger partial charge in [-0.3, -0.25) is 0 Å². The van der Waals surface area contributed by atoms with Crippen LogP contribution in [0.3, 0.4) is 0 Å². The highest BCUT2D eigenvalue weighted by Gasteiger charge is 2.16. The molecule has 2 aromatic rings. The van der Waals surface area contributed by atoms with Crippen molar-refractivity contribution in [1.82, 2.24) is 4.98 Å². The molecule has 0 unspecified atom stereocenters. The van der Waals surface area contributed by atoms with Gasteiger partial charge in [0.05, 0.1) is 13.2 Å². The van der Waals surface area contributed by atoms with Gasteiger partial charge < -0.3 is 9.84 Å². The van der Waals surface area contributed by atoms with Crippen molar-refractivity contribution in [3.63, 3.8) is 0 Å². The summed E-state index contributed by atoms with van der Waals surface area (Å²) in [6.07, 6.45) is 6.91. The molecule has 1 N–H and O–H groups in total. The third-order valence-corrected chi connectivity index (χ3v) is 3.94. The van der Waals surface area contributed by atoms with Gasteiger partial charge in [-0.1, -0.05) is 31.0 Å². The van der Waals surface area contributed by atoms with Crippen LogP contribution in [0.25, 0.3) is 10.8 Å². The summed E-state index contributed by atoms with van der Waals surface area (Å²) in [5.74, 6) is 1.37. The Morgan fingerprint density at radius 1 is 1.16 bits per heavy atom. The molecule has 19 heavy (non-hydrogen) atoms. The normalized spacial score (nSPS) is 16.1. The molecule has 1 heterocycles. The highest BCUT2D eigenvalue weighted by Crippen LogP contribution is 2.29. The molecular formula is C16H19NO2. The van der Waals surface area contributed by atoms with Crippen LogP contribution in [0, 0.1) is 5.92 Å². The van der Waals surface area contributed by atoms with Crippen LogP contribution in [0.1, 0.15) is 31.2 Å². The van der Waals surface area contributed by atoms with Crippen LogP contribution in [0.2, 0.25) is 0 Å². The quantitative estimate of drug-likeness (QED) is 0.913. The summed E-state index contributed by atoms with van der Waals surface area (Å²) in [4.78, 5) is 4.36. The van der Waals surface area contributed by atoms with Gasteiger partial charge in [0, 0.05) is 17.1 Å². The zero-order chi connectivity index (χ0) is 13.1. The van der Waals surface area contributed by atoms with Crippen molar-refractivity contribution in [3.05, 3.63) is 36.0 Å². The van der Waals surface area contributed by atoms with Crippen molar-refractivity contribution >= 4 is 10.8 Å². The second kappa shape index (κ2) is 5.57. The van der Waals surface area contributed by atoms with Crippen LogP contribution >= 0.6 is 0 Å². The van der Waals surface area contributed by atoms with Crippen LogP contribution in [0.4, 0.5) is 0 Å². The topological polar surface area (TPSA) is 42.4 Å². The predicted molar refractivity (Wildman–Crippen MR) is 75.1 cm³/mol. The van der Waals surface area contributed by atoms with Crippen molar-refractivity contribution in [2.75, 3.05) is 6.61 Å². The number of rotatable bonds is 4. The number of hydrogen-bond acceptors (Lipinski definition) is 3. The van der Waals surface area contributed by atoms with Crippen molar-refractivity contribution < 1.29 is 9.84 Å². The molecule has 0 aliphatic heterocycles. The molecule has 1 aromatic carbocycles. The lowest BCUT2D eigenvalue weighted by atomic mass is 10.1. The van der Waals surface area contributed by atoms with E-state index in [9.17, 15) is 5.11 Å². The summed E-state index contributed by atoms with van der Waals surface area (Å²) in [6, 6.07) is 7.96. The number of pyridine rings is 1. The minimum absolute atomic E-state index is 0.0103. The summed E-state index contributed by atoms with van der Waals surface area (Å²) in [5, 5.41) is 11.4. The molecule has 1 saturated carbocycles. The first-order valence-electron chi connectivity index (χ1n) is 6.99. The molecule has 0 saturated heterocycles. The van der Waals surface area contributed by atoms with Crippen molar-refractivity contribution in [1.29, 1.82) is 0 Å². The number of ether oxygens (including phenoxy) is 1. The number of fused-ring (bicyclic) bond motifs is 1. The summed E-state index contributed by atoms with van der Waals surface area (Å²) in [6.45, 7) is 0.770. The molecule has 0 atom stereocenters. The molecule has 1 aromatic heterocycles. The van der Waals surface area contributed by atoms with E-state index < -0.39 is 0 Å². The average molecular weight is 257 g/mol. The smallest absolute Gasteiger partial charge is 0.221 e. The predicted octanol–water partition coefficient (Wildman–Crippen LogP) is 3.30. The maximum Gasteiger partial charge on any atom is 0.221 e. The van der Waals surface area contributed by atoms with Crippen molar-refractivity contribution in [2.45, 2.75) is 32.3 Å². The third kappa shape index (κ3) is 2.56. The fourth-order valence-corrected chi connectivity index (χ4v) is 2.84. The molecule has 0 amide bonds. The Kier molecular flexibility index (Phi) is 3.65. The Bertz CT molecular complexity index is 562. The Balaban J connectivity index is 1.86. The van der Waals surface area contributed by atoms with Crippen molar-refractivity contribution in [2.24, 2.45) is 5.92 Å². The number of hydrogen-bond donors (Lipinski definition) is 1. The second-order valence-corrected chi connectivity index (χ2v) is 5.25. The molecule has 3 heteroatoms. The van der Waals surface area contributed by atoms with E-state index in [0.29, 0.717) is 11.8 Å². The Labute approximate surface area is 113 Å². The Hall–Kier alpha value is -1.61. The SMILES string of the molecule is OCc1cnc(OCC2CCCC2)c2ccccc12. The molecule has 1 aliphatic carbocycles. The lowest BCUT2D eigenvalue weighted by Gasteiger charge is -2.13. The minimum atomic E-state index is 0.0103. The van der Waals surface area contributed by atoms with Crippen LogP contribution in [-0.4, -0.2) is 16.7 Å². The van der Waals surface area contributed by atoms with Crippen LogP contribution in [0.5, 0.6) is 5.88 Å². The fourth-order valence-electron chi connectivity index (χ4n) is 2.84. The first-order chi connectivity index (χ1) is 9.38. The number of nitrogens with zero attached hydrogens (tertiary/aromatic N) is 1. The van der Waals surface area contributed by atoms with Gasteiger partial charge in [-0.05, 0) is 30.2 Å². The van der Waals surface area contributed by atoms with E-state index in [1.807, 2.05) is 24.3 Å². The molecular weight excluding hydrogens is 238 g/mol. The maximum absolute atomic E-state index is 9.35. The van der Waals surface area contributed by atoms with Gasteiger partial charge in [-0.15, -0.1) is 0 Å². The zero-order valence-electron chi connectivity index (χ0n) is 11.0. The van der Waals surface area contributed by atoms with Crippen molar-refractivity contribution in [3.8, 4) is 5.88 Å². The lowest BCUT2D eigenvalue weighted by Crippen LogP contribution is -2.09. The fraction of sp³-hybridized carbons (Fsp3) is 0.438. The van der Waals surface area contributed by atoms with E-state index in [2.05, 4.69) is 4.98 Å². The molecule has 0 spiro atoms. The summed E-state index contributed by atoms with van der Waals surface area (Å²) < 4.78 is 5.91. The second-order valence-electron chi connectivity index (χ2n) is 5.25. The van der Waals surface area contributed by atoms with Gasteiger partial charge in [0.1, 0.15) is 0 Å². The van der Waals surface area contributed by atoms with Gasteiger partial charge in [-0.2, -0.15) is 0 Å². The first kappa shape index (κ1) is 12.4. The average Bonchev–Trinajstić information content (AvgIpc) is 2.98. The van der Waals surface area contributed by atoms with Gasteiger partial charge in [0.25, 0.3) is 0 Å². The number of benzene rings is 1. The highest BCUT2D eigenvalue weighted by atomic mass is 16.5. The molecule has 0 radical (unpaired) electrons. The monoisotopic (exact) mass is 257 g/mol. The molecule has 1 fully saturated rings. The van der Waals surface area contributed by atoms with E-state index in [-0.39, 0.29) is 6.61 Å². The summed E-state index contributed by atoms with van der Waals surface area (Å²) >= 11 is 0. The molecule has 3 nitrogen and oxygen atoms in total. The lowest BCUT2D eigenvalue weighted by molar-refractivity contribution is 0.246. The van der Waals surface area contributed by atoms with Crippen LogP contribution < -0.4 is 4.74 Å². The summed E-state index contributed by atoms with van der Waals surface area (Å²) in [7, 11) is 0. The summed E-state index contributed by atoms with van der Waals surface area (Å²) in [5.41, 5.74) is 0.851. The highest BCUT2D eigenvalue weighted by molar-refractivity contribution is 5.89. The molecule has 1 aliphatic rings. The Morgan fingerprint density at radius 2 is 1.89 bits per heavy atom. The van der Waals surface area contributed by atoms with Crippen LogP contribution in [-0.2, 0) is 6.61 Å². The van der Waals surface area contributed by atoms with Gasteiger partial charge in [0.2, 0.25) is 5.88 Å². The Morgan fingerprint density at radius 3 is 2.63 bits per heavy atom. The minimum Gasteiger partial charge on any atom is -0.477 e. The van der Waals surface area contributed by atoms with E-state index >= 15 is 0 Å². The standard InChI is InChI=1S/C16H19NO2/c18-10-13-9-17-16(15-8-4-3-7-14(13)15)19-11-12-5-1-2-6-12/h3-4,7-9,12,18H,1-2,5-6,10-11H2. The number of aliphatic hydroxyl groups is 1. The van der Waals surface area contributed by atoms with E-state index in [1.54, 1.807) is 6.20 Å².